The molecular weight excluding hydrogens is 237 g/mol. The molecule has 0 aliphatic carbocycles. The molecule has 2 aromatic rings. The number of ether oxygens (including phenoxy) is 1. The summed E-state index contributed by atoms with van der Waals surface area (Å²) in [5.74, 6) is -1.46. The quantitative estimate of drug-likeness (QED) is 0.720. The largest absolute Gasteiger partial charge is 0.575 e. The lowest BCUT2D eigenvalue weighted by Crippen LogP contribution is -2.19. The molecule has 0 unspecified atom stereocenters. The van der Waals surface area contributed by atoms with Crippen LogP contribution in [-0.2, 0) is 4.74 Å². The van der Waals surface area contributed by atoms with Gasteiger partial charge in [-0.3, -0.25) is 0 Å². The van der Waals surface area contributed by atoms with Crippen LogP contribution in [0.2, 0.25) is 0 Å². The van der Waals surface area contributed by atoms with Gasteiger partial charge in [-0.15, -0.1) is 13.2 Å². The Morgan fingerprint density at radius 1 is 1.29 bits per heavy atom. The topological polar surface area (TPSA) is 52.1 Å². The van der Waals surface area contributed by atoms with Crippen LogP contribution < -0.4 is 0 Å². The smallest absolute Gasteiger partial charge is 0.369 e. The van der Waals surface area contributed by atoms with Crippen LogP contribution in [0.25, 0.3) is 10.9 Å². The van der Waals surface area contributed by atoms with Crippen molar-refractivity contribution in [1.82, 2.24) is 9.97 Å². The Hall–Kier alpha value is -2.18. The highest BCUT2D eigenvalue weighted by atomic mass is 19.4. The zero-order chi connectivity index (χ0) is 12.5. The van der Waals surface area contributed by atoms with Crippen molar-refractivity contribution in [2.75, 3.05) is 0 Å². The Morgan fingerprint density at radius 3 is 2.76 bits per heavy atom. The highest BCUT2D eigenvalue weighted by molar-refractivity contribution is 5.94. The fraction of sp³-hybridized carbons (Fsp3) is 0.100. The predicted octanol–water partition coefficient (Wildman–Crippen LogP) is 2.31. The molecule has 1 aromatic carbocycles. The van der Waals surface area contributed by atoms with Crippen LogP contribution in [0.15, 0.2) is 30.7 Å². The number of nitrogens with zero attached hydrogens (tertiary/aromatic N) is 2. The van der Waals surface area contributed by atoms with Crippen LogP contribution >= 0.6 is 0 Å². The summed E-state index contributed by atoms with van der Waals surface area (Å²) in [5, 5.41) is 0.462. The van der Waals surface area contributed by atoms with E-state index in [-0.39, 0.29) is 5.56 Å². The molecule has 4 nitrogen and oxygen atoms in total. The van der Waals surface area contributed by atoms with Crippen molar-refractivity contribution in [2.24, 2.45) is 0 Å². The number of carbonyl (C=O) groups excluding carboxylic acids is 1. The monoisotopic (exact) mass is 242 g/mol. The minimum atomic E-state index is -4.99. The first kappa shape index (κ1) is 11.3. The second-order valence-corrected chi connectivity index (χ2v) is 3.13. The maximum Gasteiger partial charge on any atom is 0.575 e. The van der Waals surface area contributed by atoms with Crippen LogP contribution in [0.4, 0.5) is 13.2 Å². The summed E-state index contributed by atoms with van der Waals surface area (Å²) in [6.07, 6.45) is -2.29. The van der Waals surface area contributed by atoms with Gasteiger partial charge >= 0.3 is 12.3 Å². The predicted molar refractivity (Wildman–Crippen MR) is 51.0 cm³/mol. The van der Waals surface area contributed by atoms with Gasteiger partial charge in [0.1, 0.15) is 6.33 Å². The number of benzene rings is 1. The lowest BCUT2D eigenvalue weighted by Gasteiger charge is -2.07. The van der Waals surface area contributed by atoms with Gasteiger partial charge in [0, 0.05) is 11.6 Å². The molecule has 0 radical (unpaired) electrons. The molecule has 0 saturated heterocycles. The van der Waals surface area contributed by atoms with E-state index < -0.39 is 12.3 Å². The zero-order valence-corrected chi connectivity index (χ0v) is 8.23. The first-order chi connectivity index (χ1) is 7.96. The van der Waals surface area contributed by atoms with Crippen molar-refractivity contribution in [3.8, 4) is 0 Å². The molecular formula is C10H5F3N2O2. The first-order valence-electron chi connectivity index (χ1n) is 4.45. The van der Waals surface area contributed by atoms with E-state index in [1.54, 1.807) is 0 Å². The van der Waals surface area contributed by atoms with E-state index in [2.05, 4.69) is 14.7 Å². The van der Waals surface area contributed by atoms with Crippen LogP contribution in [0, 0.1) is 0 Å². The van der Waals surface area contributed by atoms with E-state index in [4.69, 9.17) is 0 Å². The van der Waals surface area contributed by atoms with Crippen LogP contribution in [0.5, 0.6) is 0 Å². The maximum absolute atomic E-state index is 11.8. The van der Waals surface area contributed by atoms with Crippen molar-refractivity contribution >= 4 is 16.9 Å². The highest BCUT2D eigenvalue weighted by Crippen LogP contribution is 2.20. The fourth-order valence-electron chi connectivity index (χ4n) is 1.28. The van der Waals surface area contributed by atoms with Crippen molar-refractivity contribution < 1.29 is 22.7 Å². The van der Waals surface area contributed by atoms with Gasteiger partial charge in [-0.25, -0.2) is 14.8 Å². The summed E-state index contributed by atoms with van der Waals surface area (Å²) in [6.45, 7) is 0. The molecule has 0 saturated carbocycles. The second-order valence-electron chi connectivity index (χ2n) is 3.13. The molecule has 0 amide bonds. The molecule has 0 spiro atoms. The lowest BCUT2D eigenvalue weighted by molar-refractivity contribution is -0.291. The Labute approximate surface area is 93.1 Å². The molecule has 0 bridgehead atoms. The number of halogens is 3. The van der Waals surface area contributed by atoms with Gasteiger partial charge in [0.2, 0.25) is 0 Å². The first-order valence-corrected chi connectivity index (χ1v) is 4.45. The van der Waals surface area contributed by atoms with Crippen molar-refractivity contribution in [2.45, 2.75) is 6.36 Å². The Kier molecular flexibility index (Phi) is 2.66. The molecule has 0 fully saturated rings. The summed E-state index contributed by atoms with van der Waals surface area (Å²) >= 11 is 0. The van der Waals surface area contributed by atoms with Gasteiger partial charge in [0.15, 0.2) is 0 Å². The standard InChI is InChI=1S/C10H5F3N2O2/c11-10(12,13)17-9(16)6-1-2-8-7(3-6)4-14-5-15-8/h1-5H. The summed E-state index contributed by atoms with van der Waals surface area (Å²) in [5.41, 5.74) is 0.327. The number of esters is 1. The van der Waals surface area contributed by atoms with E-state index in [1.165, 1.54) is 30.7 Å². The minimum Gasteiger partial charge on any atom is -0.369 e. The van der Waals surface area contributed by atoms with Crippen LogP contribution in [-0.4, -0.2) is 22.3 Å². The molecule has 7 heteroatoms. The average Bonchev–Trinajstić information content (AvgIpc) is 2.26. The third-order valence-electron chi connectivity index (χ3n) is 1.95. The molecule has 0 N–H and O–H groups in total. The van der Waals surface area contributed by atoms with Gasteiger partial charge in [-0.1, -0.05) is 0 Å². The van der Waals surface area contributed by atoms with E-state index in [0.29, 0.717) is 10.9 Å². The Bertz CT molecular complexity index is 569. The number of aromatic nitrogens is 2. The number of carbonyl (C=O) groups is 1. The zero-order valence-electron chi connectivity index (χ0n) is 8.23. The summed E-state index contributed by atoms with van der Waals surface area (Å²) < 4.78 is 38.8. The third-order valence-corrected chi connectivity index (χ3v) is 1.95. The van der Waals surface area contributed by atoms with Crippen LogP contribution in [0.1, 0.15) is 10.4 Å². The van der Waals surface area contributed by atoms with Gasteiger partial charge in [-0.05, 0) is 18.2 Å². The number of fused-ring (bicyclic) bond motifs is 1. The fourth-order valence-corrected chi connectivity index (χ4v) is 1.28. The maximum atomic E-state index is 11.8. The number of alkyl halides is 3. The molecule has 2 rings (SSSR count). The Morgan fingerprint density at radius 2 is 2.06 bits per heavy atom. The minimum absolute atomic E-state index is 0.204. The van der Waals surface area contributed by atoms with Crippen molar-refractivity contribution in [3.63, 3.8) is 0 Å². The molecule has 88 valence electrons. The van der Waals surface area contributed by atoms with Gasteiger partial charge in [0.05, 0.1) is 11.1 Å². The van der Waals surface area contributed by atoms with E-state index in [9.17, 15) is 18.0 Å². The Balaban J connectivity index is 2.33. The van der Waals surface area contributed by atoms with Crippen molar-refractivity contribution in [3.05, 3.63) is 36.3 Å². The highest BCUT2D eigenvalue weighted by Gasteiger charge is 2.34. The molecule has 0 atom stereocenters. The second kappa shape index (κ2) is 4.00. The summed E-state index contributed by atoms with van der Waals surface area (Å²) in [6, 6.07) is 3.87. The van der Waals surface area contributed by atoms with E-state index in [1.807, 2.05) is 0 Å². The van der Waals surface area contributed by atoms with Gasteiger partial charge < -0.3 is 4.74 Å². The SMILES string of the molecule is O=C(OC(F)(F)F)c1ccc2ncncc2c1. The van der Waals surface area contributed by atoms with Crippen LogP contribution in [0.3, 0.4) is 0 Å². The van der Waals surface area contributed by atoms with Gasteiger partial charge in [-0.2, -0.15) is 0 Å². The summed E-state index contributed by atoms with van der Waals surface area (Å²) in [4.78, 5) is 18.7. The normalized spacial score (nSPS) is 11.5. The molecule has 17 heavy (non-hydrogen) atoms. The van der Waals surface area contributed by atoms with E-state index >= 15 is 0 Å². The number of rotatable bonds is 1. The molecule has 1 aromatic heterocycles. The van der Waals surface area contributed by atoms with E-state index in [0.717, 1.165) is 0 Å². The number of hydrogen-bond donors (Lipinski definition) is 0. The van der Waals surface area contributed by atoms with Crippen molar-refractivity contribution in [1.29, 1.82) is 0 Å². The average molecular weight is 242 g/mol. The molecule has 1 heterocycles. The lowest BCUT2D eigenvalue weighted by atomic mass is 10.1. The third kappa shape index (κ3) is 2.68. The van der Waals surface area contributed by atoms with Gasteiger partial charge in [0.25, 0.3) is 0 Å². The summed E-state index contributed by atoms with van der Waals surface area (Å²) in [7, 11) is 0. The molecule has 0 aliphatic heterocycles. The molecule has 0 aliphatic rings. The number of hydrogen-bond acceptors (Lipinski definition) is 4.